The van der Waals surface area contributed by atoms with Crippen LogP contribution in [0.2, 0.25) is 0 Å². The minimum atomic E-state index is -0.140. The predicted octanol–water partition coefficient (Wildman–Crippen LogP) is 4.51. The summed E-state index contributed by atoms with van der Waals surface area (Å²) in [5.74, 6) is -0.0846. The number of hydrogen-bond acceptors (Lipinski definition) is 2. The molecule has 0 bridgehead atoms. The zero-order valence-corrected chi connectivity index (χ0v) is 14.6. The van der Waals surface area contributed by atoms with Gasteiger partial charge in [-0.05, 0) is 42.3 Å². The predicted molar refractivity (Wildman–Crippen MR) is 103 cm³/mol. The molecule has 1 N–H and O–H groups in total. The number of hydrogen-bond donors (Lipinski definition) is 1. The average Bonchev–Trinajstić information content (AvgIpc) is 2.70. The van der Waals surface area contributed by atoms with E-state index >= 15 is 0 Å². The molecule has 3 nitrogen and oxygen atoms in total. The van der Waals surface area contributed by atoms with Gasteiger partial charge in [0.2, 0.25) is 0 Å². The Morgan fingerprint density at radius 1 is 0.846 bits per heavy atom. The van der Waals surface area contributed by atoms with E-state index in [0.717, 1.165) is 11.1 Å². The summed E-state index contributed by atoms with van der Waals surface area (Å²) in [4.78, 5) is 12.6. The summed E-state index contributed by atoms with van der Waals surface area (Å²) in [6.45, 7) is 2.02. The summed E-state index contributed by atoms with van der Waals surface area (Å²) >= 11 is 0. The molecule has 3 rings (SSSR count). The molecule has 0 aliphatic rings. The van der Waals surface area contributed by atoms with Crippen molar-refractivity contribution in [3.8, 4) is 6.07 Å². The van der Waals surface area contributed by atoms with Crippen molar-refractivity contribution < 1.29 is 4.79 Å². The van der Waals surface area contributed by atoms with Crippen LogP contribution < -0.4 is 5.32 Å². The second-order valence-corrected chi connectivity index (χ2v) is 6.25. The summed E-state index contributed by atoms with van der Waals surface area (Å²) in [6, 6.07) is 29.0. The van der Waals surface area contributed by atoms with Gasteiger partial charge in [-0.1, -0.05) is 60.7 Å². The van der Waals surface area contributed by atoms with Gasteiger partial charge in [-0.2, -0.15) is 5.26 Å². The molecule has 1 atom stereocenters. The smallest absolute Gasteiger partial charge is 0.251 e. The van der Waals surface area contributed by atoms with Crippen molar-refractivity contribution in [1.29, 1.82) is 5.26 Å². The quantitative estimate of drug-likeness (QED) is 0.743. The largest absolute Gasteiger partial charge is 0.349 e. The van der Waals surface area contributed by atoms with Crippen LogP contribution in [0.5, 0.6) is 0 Å². The fourth-order valence-corrected chi connectivity index (χ4v) is 3.16. The first kappa shape index (κ1) is 17.4. The molecule has 0 saturated carbocycles. The molecule has 3 aromatic rings. The molecule has 3 heteroatoms. The molecule has 26 heavy (non-hydrogen) atoms. The maximum atomic E-state index is 12.6. The van der Waals surface area contributed by atoms with Gasteiger partial charge >= 0.3 is 0 Å². The molecule has 3 aromatic carbocycles. The van der Waals surface area contributed by atoms with Gasteiger partial charge in [-0.3, -0.25) is 4.79 Å². The lowest BCUT2D eigenvalue weighted by Crippen LogP contribution is -2.37. The van der Waals surface area contributed by atoms with E-state index in [9.17, 15) is 4.79 Å². The zero-order valence-electron chi connectivity index (χ0n) is 14.6. The number of carbonyl (C=O) groups is 1. The highest BCUT2D eigenvalue weighted by molar-refractivity contribution is 5.94. The van der Waals surface area contributed by atoms with Crippen molar-refractivity contribution in [2.45, 2.75) is 18.9 Å². The number of rotatable bonds is 5. The van der Waals surface area contributed by atoms with Gasteiger partial charge in [-0.15, -0.1) is 0 Å². The molecule has 0 aromatic heterocycles. The van der Waals surface area contributed by atoms with Crippen molar-refractivity contribution in [1.82, 2.24) is 5.32 Å². The van der Waals surface area contributed by atoms with Gasteiger partial charge in [0, 0.05) is 17.5 Å². The van der Waals surface area contributed by atoms with Crippen LogP contribution in [0.4, 0.5) is 0 Å². The fourth-order valence-electron chi connectivity index (χ4n) is 3.16. The Hall–Kier alpha value is -3.38. The van der Waals surface area contributed by atoms with Crippen LogP contribution in [0.1, 0.15) is 39.9 Å². The zero-order chi connectivity index (χ0) is 18.4. The van der Waals surface area contributed by atoms with E-state index in [4.69, 9.17) is 5.26 Å². The monoisotopic (exact) mass is 340 g/mol. The highest BCUT2D eigenvalue weighted by Crippen LogP contribution is 2.28. The van der Waals surface area contributed by atoms with Gasteiger partial charge in [0.1, 0.15) is 0 Å². The Morgan fingerprint density at radius 2 is 1.35 bits per heavy atom. The number of nitrogens with one attached hydrogen (secondary N) is 1. The van der Waals surface area contributed by atoms with Gasteiger partial charge in [0.05, 0.1) is 11.6 Å². The molecule has 0 fully saturated rings. The molecular formula is C23H20N2O. The third kappa shape index (κ3) is 3.99. The van der Waals surface area contributed by atoms with Gasteiger partial charge < -0.3 is 5.32 Å². The second kappa shape index (κ2) is 8.13. The molecule has 128 valence electrons. The molecule has 0 spiro atoms. The van der Waals surface area contributed by atoms with Crippen LogP contribution in [-0.4, -0.2) is 11.9 Å². The maximum absolute atomic E-state index is 12.6. The summed E-state index contributed by atoms with van der Waals surface area (Å²) in [5.41, 5.74) is 3.41. The normalized spacial score (nSPS) is 11.6. The Balaban J connectivity index is 1.84. The molecule has 0 aliphatic heterocycles. The summed E-state index contributed by atoms with van der Waals surface area (Å²) in [7, 11) is 0. The van der Waals surface area contributed by atoms with Crippen LogP contribution in [0, 0.1) is 11.3 Å². The standard InChI is InChI=1S/C23H20N2O/c1-17(25-23(26)21-14-12-18(16-24)13-15-21)22(19-8-4-2-5-9-19)20-10-6-3-7-11-20/h2-15,17,22H,1H3,(H,25,26). The van der Waals surface area contributed by atoms with Crippen molar-refractivity contribution in [2.24, 2.45) is 0 Å². The topological polar surface area (TPSA) is 52.9 Å². The highest BCUT2D eigenvalue weighted by atomic mass is 16.1. The number of benzene rings is 3. The average molecular weight is 340 g/mol. The third-order valence-corrected chi connectivity index (χ3v) is 4.45. The Morgan fingerprint density at radius 3 is 1.81 bits per heavy atom. The maximum Gasteiger partial charge on any atom is 0.251 e. The van der Waals surface area contributed by atoms with Crippen molar-refractivity contribution in [3.05, 3.63) is 107 Å². The SMILES string of the molecule is CC(NC(=O)c1ccc(C#N)cc1)C(c1ccccc1)c1ccccc1. The lowest BCUT2D eigenvalue weighted by atomic mass is 9.85. The van der Waals surface area contributed by atoms with E-state index in [1.54, 1.807) is 24.3 Å². The Kier molecular flexibility index (Phi) is 5.46. The van der Waals surface area contributed by atoms with Crippen LogP contribution >= 0.6 is 0 Å². The lowest BCUT2D eigenvalue weighted by molar-refractivity contribution is 0.0937. The van der Waals surface area contributed by atoms with Gasteiger partial charge in [0.25, 0.3) is 5.91 Å². The molecule has 1 amide bonds. The van der Waals surface area contributed by atoms with E-state index in [-0.39, 0.29) is 17.9 Å². The van der Waals surface area contributed by atoms with Crippen molar-refractivity contribution >= 4 is 5.91 Å². The lowest BCUT2D eigenvalue weighted by Gasteiger charge is -2.26. The molecule has 1 unspecified atom stereocenters. The van der Waals surface area contributed by atoms with E-state index < -0.39 is 0 Å². The molecule has 0 radical (unpaired) electrons. The Labute approximate surface area is 153 Å². The first-order chi connectivity index (χ1) is 12.7. The van der Waals surface area contributed by atoms with Crippen LogP contribution in [0.15, 0.2) is 84.9 Å². The number of nitrogens with zero attached hydrogens (tertiary/aromatic N) is 1. The Bertz CT molecular complexity index is 857. The van der Waals surface area contributed by atoms with Crippen LogP contribution in [-0.2, 0) is 0 Å². The number of nitriles is 1. The highest BCUT2D eigenvalue weighted by Gasteiger charge is 2.23. The van der Waals surface area contributed by atoms with E-state index in [1.165, 1.54) is 0 Å². The van der Waals surface area contributed by atoms with E-state index in [2.05, 4.69) is 35.7 Å². The van der Waals surface area contributed by atoms with Gasteiger partial charge in [0.15, 0.2) is 0 Å². The minimum absolute atomic E-state index is 0.0553. The number of carbonyl (C=O) groups excluding carboxylic acids is 1. The van der Waals surface area contributed by atoms with E-state index in [0.29, 0.717) is 11.1 Å². The first-order valence-electron chi connectivity index (χ1n) is 8.60. The molecule has 0 aliphatic carbocycles. The number of amides is 1. The van der Waals surface area contributed by atoms with Crippen LogP contribution in [0.25, 0.3) is 0 Å². The summed E-state index contributed by atoms with van der Waals surface area (Å²) < 4.78 is 0. The third-order valence-electron chi connectivity index (χ3n) is 4.45. The summed E-state index contributed by atoms with van der Waals surface area (Å²) in [6.07, 6.45) is 0. The van der Waals surface area contributed by atoms with Gasteiger partial charge in [-0.25, -0.2) is 0 Å². The second-order valence-electron chi connectivity index (χ2n) is 6.25. The van der Waals surface area contributed by atoms with E-state index in [1.807, 2.05) is 43.3 Å². The minimum Gasteiger partial charge on any atom is -0.349 e. The first-order valence-corrected chi connectivity index (χ1v) is 8.60. The van der Waals surface area contributed by atoms with Crippen LogP contribution in [0.3, 0.4) is 0 Å². The molecule has 0 saturated heterocycles. The fraction of sp³-hybridized carbons (Fsp3) is 0.130. The summed E-state index contributed by atoms with van der Waals surface area (Å²) in [5, 5.41) is 12.0. The molecular weight excluding hydrogens is 320 g/mol. The van der Waals surface area contributed by atoms with Crippen molar-refractivity contribution in [2.75, 3.05) is 0 Å². The van der Waals surface area contributed by atoms with Crippen molar-refractivity contribution in [3.63, 3.8) is 0 Å². The molecule has 0 heterocycles.